The summed E-state index contributed by atoms with van der Waals surface area (Å²) in [6, 6.07) is 11.2. The molecule has 4 aromatic rings. The number of benzene rings is 2. The van der Waals surface area contributed by atoms with E-state index in [1.165, 1.54) is 0 Å². The van der Waals surface area contributed by atoms with Gasteiger partial charge in [0.25, 0.3) is 5.91 Å². The van der Waals surface area contributed by atoms with E-state index in [2.05, 4.69) is 15.5 Å². The van der Waals surface area contributed by atoms with Gasteiger partial charge >= 0.3 is 0 Å². The van der Waals surface area contributed by atoms with Gasteiger partial charge in [-0.1, -0.05) is 11.2 Å². The average molecular weight is 349 g/mol. The fraction of sp³-hybridized carbons (Fsp3) is 0.200. The highest BCUT2D eigenvalue weighted by Crippen LogP contribution is 2.29. The molecule has 132 valence electrons. The van der Waals surface area contributed by atoms with Crippen LogP contribution in [0.3, 0.4) is 0 Å². The molecule has 0 saturated heterocycles. The van der Waals surface area contributed by atoms with E-state index >= 15 is 0 Å². The van der Waals surface area contributed by atoms with Gasteiger partial charge in [0.1, 0.15) is 5.75 Å². The lowest BCUT2D eigenvalue weighted by Crippen LogP contribution is -2.25. The van der Waals surface area contributed by atoms with E-state index in [1.807, 2.05) is 31.3 Å². The SMILES string of the molecule is CCOc1cccc2[nH]cc(CCNC(=O)c3ccc4oncc4c3)c12. The zero-order chi connectivity index (χ0) is 17.9. The number of aromatic amines is 1. The van der Waals surface area contributed by atoms with Gasteiger partial charge in [-0.15, -0.1) is 0 Å². The van der Waals surface area contributed by atoms with Crippen molar-refractivity contribution in [2.45, 2.75) is 13.3 Å². The first-order valence-electron chi connectivity index (χ1n) is 8.60. The van der Waals surface area contributed by atoms with E-state index in [0.29, 0.717) is 30.7 Å². The lowest BCUT2D eigenvalue weighted by molar-refractivity contribution is 0.0954. The standard InChI is InChI=1S/C20H19N3O3/c1-2-25-18-5-3-4-16-19(18)14(11-22-16)8-9-21-20(24)13-6-7-17-15(10-13)12-23-26-17/h3-7,10-12,22H,2,8-9H2,1H3,(H,21,24). The van der Waals surface area contributed by atoms with Crippen LogP contribution in [0.2, 0.25) is 0 Å². The van der Waals surface area contributed by atoms with Gasteiger partial charge < -0.3 is 19.6 Å². The second kappa shape index (κ2) is 6.92. The Labute approximate surface area is 150 Å². The molecule has 0 aliphatic heterocycles. The van der Waals surface area contributed by atoms with Gasteiger partial charge in [-0.2, -0.15) is 0 Å². The number of aromatic nitrogens is 2. The van der Waals surface area contributed by atoms with Gasteiger partial charge in [0.15, 0.2) is 5.58 Å². The van der Waals surface area contributed by atoms with Crippen molar-refractivity contribution >= 4 is 27.8 Å². The number of H-pyrrole nitrogens is 1. The van der Waals surface area contributed by atoms with Crippen LogP contribution in [0.4, 0.5) is 0 Å². The smallest absolute Gasteiger partial charge is 0.251 e. The molecule has 2 heterocycles. The molecule has 6 heteroatoms. The van der Waals surface area contributed by atoms with Crippen LogP contribution < -0.4 is 10.1 Å². The minimum Gasteiger partial charge on any atom is -0.493 e. The summed E-state index contributed by atoms with van der Waals surface area (Å²) in [7, 11) is 0. The van der Waals surface area contributed by atoms with Crippen molar-refractivity contribution in [1.29, 1.82) is 0 Å². The second-order valence-corrected chi connectivity index (χ2v) is 6.01. The van der Waals surface area contributed by atoms with Crippen LogP contribution in [0.5, 0.6) is 5.75 Å². The molecule has 4 rings (SSSR count). The molecule has 6 nitrogen and oxygen atoms in total. The number of amides is 1. The number of carbonyl (C=O) groups excluding carboxylic acids is 1. The summed E-state index contributed by atoms with van der Waals surface area (Å²) in [5.41, 5.74) is 3.42. The monoisotopic (exact) mass is 349 g/mol. The Morgan fingerprint density at radius 2 is 2.23 bits per heavy atom. The number of nitrogens with one attached hydrogen (secondary N) is 2. The highest BCUT2D eigenvalue weighted by molar-refractivity contribution is 5.97. The highest BCUT2D eigenvalue weighted by atomic mass is 16.5. The summed E-state index contributed by atoms with van der Waals surface area (Å²) in [5, 5.41) is 8.59. The van der Waals surface area contributed by atoms with E-state index in [0.717, 1.165) is 27.6 Å². The van der Waals surface area contributed by atoms with Crippen LogP contribution in [0.25, 0.3) is 21.9 Å². The van der Waals surface area contributed by atoms with E-state index in [4.69, 9.17) is 9.26 Å². The van der Waals surface area contributed by atoms with Crippen LogP contribution in [-0.4, -0.2) is 29.2 Å². The summed E-state index contributed by atoms with van der Waals surface area (Å²) in [5.74, 6) is 0.753. The molecule has 2 N–H and O–H groups in total. The first-order chi connectivity index (χ1) is 12.8. The maximum atomic E-state index is 12.4. The van der Waals surface area contributed by atoms with Gasteiger partial charge in [0.05, 0.1) is 12.8 Å². The fourth-order valence-corrected chi connectivity index (χ4v) is 3.12. The number of hydrogen-bond donors (Lipinski definition) is 2. The Kier molecular flexibility index (Phi) is 4.31. The first kappa shape index (κ1) is 16.2. The van der Waals surface area contributed by atoms with Crippen molar-refractivity contribution in [3.8, 4) is 5.75 Å². The molecular formula is C20H19N3O3. The van der Waals surface area contributed by atoms with Crippen LogP contribution in [-0.2, 0) is 6.42 Å². The largest absolute Gasteiger partial charge is 0.493 e. The van der Waals surface area contributed by atoms with Crippen molar-refractivity contribution in [2.75, 3.05) is 13.2 Å². The summed E-state index contributed by atoms with van der Waals surface area (Å²) in [4.78, 5) is 15.6. The summed E-state index contributed by atoms with van der Waals surface area (Å²) in [6.45, 7) is 3.12. The minimum absolute atomic E-state index is 0.113. The molecule has 0 saturated carbocycles. The predicted octanol–water partition coefficient (Wildman–Crippen LogP) is 3.68. The predicted molar refractivity (Wildman–Crippen MR) is 99.5 cm³/mol. The second-order valence-electron chi connectivity index (χ2n) is 6.01. The van der Waals surface area contributed by atoms with Crippen molar-refractivity contribution in [3.63, 3.8) is 0 Å². The number of hydrogen-bond acceptors (Lipinski definition) is 4. The van der Waals surface area contributed by atoms with Gasteiger partial charge in [0, 0.05) is 34.6 Å². The third-order valence-corrected chi connectivity index (χ3v) is 4.34. The Bertz CT molecular complexity index is 1060. The maximum Gasteiger partial charge on any atom is 0.251 e. The summed E-state index contributed by atoms with van der Waals surface area (Å²) >= 11 is 0. The third-order valence-electron chi connectivity index (χ3n) is 4.34. The van der Waals surface area contributed by atoms with Gasteiger partial charge in [-0.25, -0.2) is 0 Å². The molecular weight excluding hydrogens is 330 g/mol. The van der Waals surface area contributed by atoms with Crippen LogP contribution in [0.1, 0.15) is 22.8 Å². The number of nitrogens with zero attached hydrogens (tertiary/aromatic N) is 1. The number of fused-ring (bicyclic) bond motifs is 2. The Hall–Kier alpha value is -3.28. The van der Waals surface area contributed by atoms with Crippen molar-refractivity contribution in [2.24, 2.45) is 0 Å². The van der Waals surface area contributed by atoms with Crippen molar-refractivity contribution in [1.82, 2.24) is 15.5 Å². The average Bonchev–Trinajstić information content (AvgIpc) is 3.28. The van der Waals surface area contributed by atoms with E-state index < -0.39 is 0 Å². The normalized spacial score (nSPS) is 11.1. The lowest BCUT2D eigenvalue weighted by Gasteiger charge is -2.08. The molecule has 1 amide bonds. The number of rotatable bonds is 6. The molecule has 0 radical (unpaired) electrons. The van der Waals surface area contributed by atoms with Crippen LogP contribution in [0, 0.1) is 0 Å². The van der Waals surface area contributed by atoms with E-state index in [-0.39, 0.29) is 5.91 Å². The van der Waals surface area contributed by atoms with Crippen molar-refractivity contribution < 1.29 is 14.1 Å². The molecule has 0 atom stereocenters. The summed E-state index contributed by atoms with van der Waals surface area (Å²) in [6.07, 6.45) is 4.29. The molecule has 0 aliphatic carbocycles. The van der Waals surface area contributed by atoms with Crippen LogP contribution >= 0.6 is 0 Å². The molecule has 0 aliphatic rings. The fourth-order valence-electron chi connectivity index (χ4n) is 3.12. The topological polar surface area (TPSA) is 80.1 Å². The molecule has 26 heavy (non-hydrogen) atoms. The van der Waals surface area contributed by atoms with Crippen molar-refractivity contribution in [3.05, 3.63) is 59.9 Å². The van der Waals surface area contributed by atoms with Gasteiger partial charge in [-0.3, -0.25) is 4.79 Å². The Morgan fingerprint density at radius 1 is 1.31 bits per heavy atom. The molecule has 0 bridgehead atoms. The zero-order valence-corrected chi connectivity index (χ0v) is 14.4. The number of carbonyl (C=O) groups is 1. The zero-order valence-electron chi connectivity index (χ0n) is 14.4. The van der Waals surface area contributed by atoms with Gasteiger partial charge in [0.2, 0.25) is 0 Å². The van der Waals surface area contributed by atoms with E-state index in [1.54, 1.807) is 24.4 Å². The minimum atomic E-state index is -0.113. The summed E-state index contributed by atoms with van der Waals surface area (Å²) < 4.78 is 10.8. The molecule has 0 unspecified atom stereocenters. The third kappa shape index (κ3) is 3.01. The Balaban J connectivity index is 1.46. The maximum absolute atomic E-state index is 12.4. The number of ether oxygens (including phenoxy) is 1. The molecule has 0 spiro atoms. The quantitative estimate of drug-likeness (QED) is 0.556. The van der Waals surface area contributed by atoms with Crippen LogP contribution in [0.15, 0.2) is 53.3 Å². The molecule has 2 aromatic carbocycles. The first-order valence-corrected chi connectivity index (χ1v) is 8.60. The highest BCUT2D eigenvalue weighted by Gasteiger charge is 2.11. The van der Waals surface area contributed by atoms with Gasteiger partial charge in [-0.05, 0) is 49.2 Å². The molecule has 2 aromatic heterocycles. The Morgan fingerprint density at radius 3 is 3.12 bits per heavy atom. The molecule has 0 fully saturated rings. The lowest BCUT2D eigenvalue weighted by atomic mass is 10.1. The van der Waals surface area contributed by atoms with E-state index in [9.17, 15) is 4.79 Å².